The van der Waals surface area contributed by atoms with Crippen molar-refractivity contribution in [1.29, 1.82) is 0 Å². The highest BCUT2D eigenvalue weighted by atomic mass is 32.1. The van der Waals surface area contributed by atoms with E-state index in [9.17, 15) is 14.0 Å². The van der Waals surface area contributed by atoms with Gasteiger partial charge in [0, 0.05) is 17.3 Å². The first-order chi connectivity index (χ1) is 15.8. The standard InChI is InChI=1S/C23H21FN4O4S/c1-12(2)20(22(30)31-3)27-21(29)18-11-17(28-32-18)13-4-7-15(8-5-13)25-23-26-16-9-6-14(24)10-19(16)33-23/h4-12,20H,1-3H3,(H,25,26)(H,27,29). The van der Waals surface area contributed by atoms with Gasteiger partial charge in [0.05, 0.1) is 17.3 Å². The summed E-state index contributed by atoms with van der Waals surface area (Å²) in [5, 5.41) is 10.4. The van der Waals surface area contributed by atoms with Gasteiger partial charge >= 0.3 is 5.97 Å². The third kappa shape index (κ3) is 5.01. The van der Waals surface area contributed by atoms with E-state index in [-0.39, 0.29) is 17.5 Å². The predicted octanol–water partition coefficient (Wildman–Crippen LogP) is 4.76. The molecule has 0 bridgehead atoms. The Bertz CT molecular complexity index is 1300. The van der Waals surface area contributed by atoms with Crippen molar-refractivity contribution < 1.29 is 23.2 Å². The van der Waals surface area contributed by atoms with Crippen LogP contribution in [0.1, 0.15) is 24.4 Å². The fourth-order valence-corrected chi connectivity index (χ4v) is 4.07. The van der Waals surface area contributed by atoms with Crippen LogP contribution in [0.2, 0.25) is 0 Å². The number of fused-ring (bicyclic) bond motifs is 1. The SMILES string of the molecule is COC(=O)C(NC(=O)c1cc(-c2ccc(Nc3nc4ccc(F)cc4s3)cc2)no1)C(C)C. The number of nitrogens with one attached hydrogen (secondary N) is 2. The van der Waals surface area contributed by atoms with E-state index in [0.717, 1.165) is 21.5 Å². The highest BCUT2D eigenvalue weighted by Crippen LogP contribution is 2.29. The van der Waals surface area contributed by atoms with E-state index in [1.165, 1.54) is 36.6 Å². The maximum atomic E-state index is 13.4. The summed E-state index contributed by atoms with van der Waals surface area (Å²) in [6, 6.07) is 12.5. The fraction of sp³-hybridized carbons (Fsp3) is 0.217. The van der Waals surface area contributed by atoms with Crippen LogP contribution in [-0.2, 0) is 9.53 Å². The number of benzene rings is 2. The van der Waals surface area contributed by atoms with Crippen LogP contribution in [0.15, 0.2) is 53.1 Å². The van der Waals surface area contributed by atoms with E-state index in [4.69, 9.17) is 9.26 Å². The molecule has 0 radical (unpaired) electrons. The van der Waals surface area contributed by atoms with Crippen LogP contribution in [0.3, 0.4) is 0 Å². The first-order valence-corrected chi connectivity index (χ1v) is 10.9. The van der Waals surface area contributed by atoms with E-state index in [1.807, 2.05) is 24.3 Å². The summed E-state index contributed by atoms with van der Waals surface area (Å²) in [4.78, 5) is 28.8. The number of amides is 1. The number of methoxy groups -OCH3 is 1. The lowest BCUT2D eigenvalue weighted by atomic mass is 10.0. The molecule has 10 heteroatoms. The van der Waals surface area contributed by atoms with Crippen molar-refractivity contribution in [3.63, 3.8) is 0 Å². The minimum absolute atomic E-state index is 0.0107. The van der Waals surface area contributed by atoms with Crippen LogP contribution in [0.25, 0.3) is 21.5 Å². The van der Waals surface area contributed by atoms with Gasteiger partial charge in [0.1, 0.15) is 17.6 Å². The smallest absolute Gasteiger partial charge is 0.328 e. The number of halogens is 1. The van der Waals surface area contributed by atoms with Crippen molar-refractivity contribution in [1.82, 2.24) is 15.5 Å². The lowest BCUT2D eigenvalue weighted by Gasteiger charge is -2.18. The molecule has 0 aliphatic heterocycles. The lowest BCUT2D eigenvalue weighted by Crippen LogP contribution is -2.44. The monoisotopic (exact) mass is 468 g/mol. The Morgan fingerprint density at radius 1 is 1.12 bits per heavy atom. The molecular formula is C23H21FN4O4S. The Balaban J connectivity index is 1.45. The summed E-state index contributed by atoms with van der Waals surface area (Å²) in [7, 11) is 1.27. The molecule has 0 spiro atoms. The number of carbonyl (C=O) groups is 2. The average Bonchev–Trinajstić information content (AvgIpc) is 3.44. The number of rotatable bonds is 7. The van der Waals surface area contributed by atoms with E-state index < -0.39 is 17.9 Å². The van der Waals surface area contributed by atoms with Crippen LogP contribution in [0.5, 0.6) is 0 Å². The van der Waals surface area contributed by atoms with Gasteiger partial charge in [-0.25, -0.2) is 14.2 Å². The van der Waals surface area contributed by atoms with Crippen LogP contribution in [-0.4, -0.2) is 35.2 Å². The van der Waals surface area contributed by atoms with Crippen LogP contribution < -0.4 is 10.6 Å². The molecule has 1 unspecified atom stereocenters. The minimum atomic E-state index is -0.791. The number of carbonyl (C=O) groups excluding carboxylic acids is 2. The van der Waals surface area contributed by atoms with Crippen LogP contribution in [0.4, 0.5) is 15.2 Å². The van der Waals surface area contributed by atoms with Crippen LogP contribution in [0, 0.1) is 11.7 Å². The van der Waals surface area contributed by atoms with Crippen molar-refractivity contribution in [3.8, 4) is 11.3 Å². The number of aromatic nitrogens is 2. The molecule has 2 heterocycles. The molecule has 0 fully saturated rings. The maximum absolute atomic E-state index is 13.4. The van der Waals surface area contributed by atoms with Gasteiger partial charge in [0.2, 0.25) is 5.76 Å². The number of thiazole rings is 1. The van der Waals surface area contributed by atoms with E-state index in [0.29, 0.717) is 10.8 Å². The van der Waals surface area contributed by atoms with Gasteiger partial charge in [-0.3, -0.25) is 4.79 Å². The molecular weight excluding hydrogens is 447 g/mol. The van der Waals surface area contributed by atoms with Crippen molar-refractivity contribution in [2.45, 2.75) is 19.9 Å². The Labute approximate surface area is 192 Å². The largest absolute Gasteiger partial charge is 0.467 e. The molecule has 2 N–H and O–H groups in total. The van der Waals surface area contributed by atoms with Gasteiger partial charge in [-0.05, 0) is 36.2 Å². The molecule has 1 amide bonds. The third-order valence-electron chi connectivity index (χ3n) is 4.92. The molecule has 2 aromatic carbocycles. The molecule has 1 atom stereocenters. The number of hydrogen-bond acceptors (Lipinski definition) is 8. The molecule has 4 rings (SSSR count). The highest BCUT2D eigenvalue weighted by Gasteiger charge is 2.27. The van der Waals surface area contributed by atoms with Gasteiger partial charge in [0.15, 0.2) is 5.13 Å². The van der Waals surface area contributed by atoms with Gasteiger partial charge in [-0.15, -0.1) is 0 Å². The first-order valence-electron chi connectivity index (χ1n) is 10.1. The maximum Gasteiger partial charge on any atom is 0.328 e. The first kappa shape index (κ1) is 22.4. The quantitative estimate of drug-likeness (QED) is 0.377. The van der Waals surface area contributed by atoms with Crippen molar-refractivity contribution >= 4 is 44.2 Å². The summed E-state index contributed by atoms with van der Waals surface area (Å²) in [5.41, 5.74) is 2.72. The summed E-state index contributed by atoms with van der Waals surface area (Å²) in [6.07, 6.45) is 0. The van der Waals surface area contributed by atoms with Crippen molar-refractivity contribution in [3.05, 3.63) is 60.1 Å². The van der Waals surface area contributed by atoms with Gasteiger partial charge in [-0.2, -0.15) is 0 Å². The molecule has 8 nitrogen and oxygen atoms in total. The van der Waals surface area contributed by atoms with Crippen molar-refractivity contribution in [2.75, 3.05) is 12.4 Å². The molecule has 2 aromatic heterocycles. The zero-order valence-electron chi connectivity index (χ0n) is 18.1. The molecule has 0 saturated carbocycles. The summed E-state index contributed by atoms with van der Waals surface area (Å²) in [6.45, 7) is 3.60. The highest BCUT2D eigenvalue weighted by molar-refractivity contribution is 7.22. The average molecular weight is 469 g/mol. The van der Waals surface area contributed by atoms with E-state index >= 15 is 0 Å². The Morgan fingerprint density at radius 3 is 2.58 bits per heavy atom. The second-order valence-electron chi connectivity index (χ2n) is 7.63. The normalized spacial score (nSPS) is 12.0. The zero-order valence-corrected chi connectivity index (χ0v) is 18.9. The number of nitrogens with zero attached hydrogens (tertiary/aromatic N) is 2. The third-order valence-corrected chi connectivity index (χ3v) is 5.86. The van der Waals surface area contributed by atoms with Crippen molar-refractivity contribution in [2.24, 2.45) is 5.92 Å². The van der Waals surface area contributed by atoms with Gasteiger partial charge in [-0.1, -0.05) is 42.5 Å². The number of hydrogen-bond donors (Lipinski definition) is 2. The summed E-state index contributed by atoms with van der Waals surface area (Å²) < 4.78 is 24.0. The molecule has 170 valence electrons. The number of anilines is 2. The molecule has 4 aromatic rings. The predicted molar refractivity (Wildman–Crippen MR) is 123 cm³/mol. The topological polar surface area (TPSA) is 106 Å². The summed E-state index contributed by atoms with van der Waals surface area (Å²) in [5.74, 6) is -1.54. The van der Waals surface area contributed by atoms with E-state index in [1.54, 1.807) is 19.9 Å². The molecule has 33 heavy (non-hydrogen) atoms. The Morgan fingerprint density at radius 2 is 1.88 bits per heavy atom. The van der Waals surface area contributed by atoms with Gasteiger partial charge in [0.25, 0.3) is 5.91 Å². The number of ether oxygens (including phenoxy) is 1. The number of esters is 1. The second-order valence-corrected chi connectivity index (χ2v) is 8.66. The van der Waals surface area contributed by atoms with E-state index in [2.05, 4.69) is 20.8 Å². The Hall–Kier alpha value is -3.79. The summed E-state index contributed by atoms with van der Waals surface area (Å²) >= 11 is 1.36. The Kier molecular flexibility index (Phi) is 6.36. The molecule has 0 aliphatic carbocycles. The van der Waals surface area contributed by atoms with Gasteiger partial charge < -0.3 is 19.9 Å². The van der Waals surface area contributed by atoms with Crippen LogP contribution >= 0.6 is 11.3 Å². The lowest BCUT2D eigenvalue weighted by molar-refractivity contribution is -0.144. The second kappa shape index (κ2) is 9.37. The minimum Gasteiger partial charge on any atom is -0.467 e. The molecule has 0 aliphatic rings. The molecule has 0 saturated heterocycles. The fourth-order valence-electron chi connectivity index (χ4n) is 3.16. The zero-order chi connectivity index (χ0) is 23.5.